The summed E-state index contributed by atoms with van der Waals surface area (Å²) in [6.45, 7) is 12.7. The minimum absolute atomic E-state index is 0.735. The summed E-state index contributed by atoms with van der Waals surface area (Å²) in [6, 6.07) is 48.1. The molecule has 0 amide bonds. The van der Waals surface area contributed by atoms with E-state index in [9.17, 15) is 0 Å². The molecule has 46 heavy (non-hydrogen) atoms. The minimum Gasteiger partial charge on any atom is -0.335 e. The molecule has 0 bridgehead atoms. The first kappa shape index (κ1) is 27.6. The molecule has 1 aliphatic rings. The molecule has 0 unspecified atom stereocenters. The number of aliphatic imine (C=N–C) groups is 1. The van der Waals surface area contributed by atoms with Crippen molar-refractivity contribution < 1.29 is 0 Å². The van der Waals surface area contributed by atoms with Gasteiger partial charge in [0.2, 0.25) is 0 Å². The van der Waals surface area contributed by atoms with Crippen LogP contribution in [0.2, 0.25) is 0 Å². The minimum atomic E-state index is 0.735. The number of rotatable bonds is 6. The van der Waals surface area contributed by atoms with Gasteiger partial charge in [0.25, 0.3) is 0 Å². The molecule has 7 aromatic rings. The molecule has 1 aliphatic heterocycles. The number of hydrogen-bond acceptors (Lipinski definition) is 2. The van der Waals surface area contributed by atoms with Crippen molar-refractivity contribution in [1.82, 2.24) is 0 Å². The fourth-order valence-electron chi connectivity index (χ4n) is 6.98. The molecule has 0 aliphatic carbocycles. The van der Waals surface area contributed by atoms with Crippen molar-refractivity contribution in [1.29, 1.82) is 0 Å². The average Bonchev–Trinajstić information content (AvgIpc) is 3.13. The largest absolute Gasteiger partial charge is 0.335 e. The van der Waals surface area contributed by atoms with Crippen molar-refractivity contribution in [3.8, 4) is 33.4 Å². The molecule has 2 nitrogen and oxygen atoms in total. The van der Waals surface area contributed by atoms with Crippen LogP contribution in [0.3, 0.4) is 0 Å². The van der Waals surface area contributed by atoms with Gasteiger partial charge in [-0.3, -0.25) is 4.99 Å². The molecule has 7 aromatic carbocycles. The van der Waals surface area contributed by atoms with Crippen LogP contribution in [-0.2, 0) is 6.54 Å². The van der Waals surface area contributed by atoms with Crippen molar-refractivity contribution in [3.63, 3.8) is 0 Å². The normalized spacial score (nSPS) is 12.0. The van der Waals surface area contributed by atoms with E-state index >= 15 is 0 Å². The Balaban J connectivity index is 1.28. The van der Waals surface area contributed by atoms with Crippen LogP contribution in [0.1, 0.15) is 16.7 Å². The zero-order valence-corrected chi connectivity index (χ0v) is 25.6. The summed E-state index contributed by atoms with van der Waals surface area (Å²) in [5.41, 5.74) is 13.8. The predicted molar refractivity (Wildman–Crippen MR) is 199 cm³/mol. The molecule has 0 saturated carbocycles. The predicted octanol–water partition coefficient (Wildman–Crippen LogP) is 12.3. The van der Waals surface area contributed by atoms with E-state index in [2.05, 4.69) is 163 Å². The van der Waals surface area contributed by atoms with E-state index in [4.69, 9.17) is 0 Å². The fraction of sp³-hybridized carbons (Fsp3) is 0.0227. The van der Waals surface area contributed by atoms with Crippen LogP contribution in [0.4, 0.5) is 17.1 Å². The van der Waals surface area contributed by atoms with E-state index in [1.54, 1.807) is 0 Å². The maximum atomic E-state index is 4.60. The van der Waals surface area contributed by atoms with E-state index in [1.165, 1.54) is 49.8 Å². The summed E-state index contributed by atoms with van der Waals surface area (Å²) in [5.74, 6) is 0. The molecule has 8 rings (SSSR count). The van der Waals surface area contributed by atoms with Crippen molar-refractivity contribution in [2.24, 2.45) is 4.99 Å². The molecule has 2 heteroatoms. The third-order valence-electron chi connectivity index (χ3n) is 9.34. The summed E-state index contributed by atoms with van der Waals surface area (Å²) in [4.78, 5) is 7.03. The van der Waals surface area contributed by atoms with Gasteiger partial charge in [-0.2, -0.15) is 0 Å². The molecule has 218 valence electrons. The quantitative estimate of drug-likeness (QED) is 0.176. The lowest BCUT2D eigenvalue weighted by molar-refractivity contribution is 0.971. The van der Waals surface area contributed by atoms with E-state index < -0.39 is 0 Å². The van der Waals surface area contributed by atoms with Gasteiger partial charge in [0.1, 0.15) is 0 Å². The lowest BCUT2D eigenvalue weighted by Gasteiger charge is -2.35. The van der Waals surface area contributed by atoms with Gasteiger partial charge in [-0.15, -0.1) is 0 Å². The highest BCUT2D eigenvalue weighted by Gasteiger charge is 2.27. The second kappa shape index (κ2) is 11.2. The molecule has 1 heterocycles. The van der Waals surface area contributed by atoms with E-state index in [0.717, 1.165) is 45.4 Å². The SMILES string of the molecule is C=Cc1ccc(-c2ccc(-c3ccc4c(c3)N(c3ccc5ccccc5c3N=C)Cc3c-4ccc4ccccc34)cc2)cc1C=C. The molecule has 0 saturated heterocycles. The van der Waals surface area contributed by atoms with Crippen molar-refractivity contribution in [2.75, 3.05) is 4.90 Å². The highest BCUT2D eigenvalue weighted by atomic mass is 15.2. The van der Waals surface area contributed by atoms with E-state index in [1.807, 2.05) is 12.2 Å². The van der Waals surface area contributed by atoms with Gasteiger partial charge in [-0.1, -0.05) is 141 Å². The summed E-state index contributed by atoms with van der Waals surface area (Å²) in [6.07, 6.45) is 3.76. The number of nitrogens with zero attached hydrogens (tertiary/aromatic N) is 2. The Labute approximate surface area is 269 Å². The molecular weight excluding hydrogens is 556 g/mol. The molecule has 0 radical (unpaired) electrons. The maximum Gasteiger partial charge on any atom is 0.0937 e. The Morgan fingerprint density at radius 3 is 1.83 bits per heavy atom. The maximum absolute atomic E-state index is 4.60. The molecule has 0 spiro atoms. The standard InChI is InChI=1S/C44H32N2/c1-4-29-14-19-35(26-30(29)5-2)31-15-17-32(18-16-31)36-21-24-40-39-23-20-33-10-6-8-12-37(33)41(39)28-46(43(40)27-36)42-25-22-34-11-7-9-13-38(34)44(42)45-3/h4-27H,1-3,28H2. The zero-order valence-electron chi connectivity index (χ0n) is 25.6. The molecule has 0 N–H and O–H groups in total. The monoisotopic (exact) mass is 588 g/mol. The number of anilines is 2. The average molecular weight is 589 g/mol. The van der Waals surface area contributed by atoms with E-state index in [-0.39, 0.29) is 0 Å². The van der Waals surface area contributed by atoms with Crippen LogP contribution in [0.25, 0.3) is 67.1 Å². The van der Waals surface area contributed by atoms with Gasteiger partial charge in [-0.25, -0.2) is 0 Å². The Morgan fingerprint density at radius 1 is 0.522 bits per heavy atom. The van der Waals surface area contributed by atoms with Crippen molar-refractivity contribution >= 4 is 57.5 Å². The fourth-order valence-corrected chi connectivity index (χ4v) is 6.98. The van der Waals surface area contributed by atoms with Crippen LogP contribution in [0, 0.1) is 0 Å². The first-order valence-corrected chi connectivity index (χ1v) is 15.6. The first-order valence-electron chi connectivity index (χ1n) is 15.6. The van der Waals surface area contributed by atoms with Crippen LogP contribution >= 0.6 is 0 Å². The van der Waals surface area contributed by atoms with Gasteiger partial charge < -0.3 is 4.90 Å². The Hall–Kier alpha value is -5.99. The van der Waals surface area contributed by atoms with Crippen LogP contribution in [0.15, 0.2) is 152 Å². The van der Waals surface area contributed by atoms with Crippen LogP contribution in [0.5, 0.6) is 0 Å². The summed E-state index contributed by atoms with van der Waals surface area (Å²) < 4.78 is 0. The van der Waals surface area contributed by atoms with Crippen molar-refractivity contribution in [3.05, 3.63) is 163 Å². The molecule has 0 aromatic heterocycles. The Kier molecular flexibility index (Phi) is 6.69. The Morgan fingerprint density at radius 2 is 1.11 bits per heavy atom. The van der Waals surface area contributed by atoms with E-state index in [0.29, 0.717) is 0 Å². The zero-order chi connectivity index (χ0) is 31.2. The van der Waals surface area contributed by atoms with Gasteiger partial charge in [0, 0.05) is 17.5 Å². The van der Waals surface area contributed by atoms with Crippen LogP contribution < -0.4 is 4.90 Å². The second-order valence-corrected chi connectivity index (χ2v) is 11.8. The van der Waals surface area contributed by atoms with Gasteiger partial charge in [0.15, 0.2) is 0 Å². The topological polar surface area (TPSA) is 15.6 Å². The third kappa shape index (κ3) is 4.46. The lowest BCUT2D eigenvalue weighted by Crippen LogP contribution is -2.22. The van der Waals surface area contributed by atoms with Crippen LogP contribution in [-0.4, -0.2) is 6.72 Å². The third-order valence-corrected chi connectivity index (χ3v) is 9.34. The first-order chi connectivity index (χ1) is 22.7. The molecular formula is C44H32N2. The summed E-state index contributed by atoms with van der Waals surface area (Å²) >= 11 is 0. The van der Waals surface area contributed by atoms with Gasteiger partial charge in [-0.05, 0) is 85.6 Å². The lowest BCUT2D eigenvalue weighted by atomic mass is 9.87. The van der Waals surface area contributed by atoms with Crippen molar-refractivity contribution in [2.45, 2.75) is 6.54 Å². The Bertz CT molecular complexity index is 2340. The summed E-state index contributed by atoms with van der Waals surface area (Å²) in [7, 11) is 0. The highest BCUT2D eigenvalue weighted by molar-refractivity contribution is 6.04. The van der Waals surface area contributed by atoms with Gasteiger partial charge >= 0.3 is 0 Å². The number of benzene rings is 7. The van der Waals surface area contributed by atoms with Gasteiger partial charge in [0.05, 0.1) is 17.1 Å². The summed E-state index contributed by atoms with van der Waals surface area (Å²) in [5, 5.41) is 4.80. The molecule has 0 atom stereocenters. The smallest absolute Gasteiger partial charge is 0.0937 e. The molecule has 0 fully saturated rings. The second-order valence-electron chi connectivity index (χ2n) is 11.8. The number of fused-ring (bicyclic) bond motifs is 6. The highest BCUT2D eigenvalue weighted by Crippen LogP contribution is 2.49. The number of hydrogen-bond donors (Lipinski definition) is 0.